The maximum atomic E-state index is 10.1. The van der Waals surface area contributed by atoms with Crippen molar-refractivity contribution in [3.05, 3.63) is 23.3 Å². The zero-order valence-corrected chi connectivity index (χ0v) is 20.6. The molecule has 2 unspecified atom stereocenters. The first-order valence-electron chi connectivity index (χ1n) is 11.7. The smallest absolute Gasteiger partial charge is 0.385 e. The third-order valence-electron chi connectivity index (χ3n) is 6.41. The molecule has 2 aliphatic heterocycles. The minimum Gasteiger partial charge on any atom is -0.493 e. The van der Waals surface area contributed by atoms with Gasteiger partial charge < -0.3 is 40.1 Å². The summed E-state index contributed by atoms with van der Waals surface area (Å²) < 4.78 is 10.4. The van der Waals surface area contributed by atoms with Crippen molar-refractivity contribution in [1.82, 2.24) is 4.90 Å². The van der Waals surface area contributed by atoms with Gasteiger partial charge in [-0.05, 0) is 67.7 Å². The first-order chi connectivity index (χ1) is 15.3. The molecule has 0 spiro atoms. The second-order valence-electron chi connectivity index (χ2n) is 9.44. The van der Waals surface area contributed by atoms with Crippen molar-refractivity contribution in [2.24, 2.45) is 11.8 Å². The molecule has 9 heteroatoms. The summed E-state index contributed by atoms with van der Waals surface area (Å²) in [5.74, 6) is -9.42. The lowest BCUT2D eigenvalue weighted by Crippen LogP contribution is -2.69. The van der Waals surface area contributed by atoms with E-state index in [1.54, 1.807) is 12.1 Å². The molecule has 9 nitrogen and oxygen atoms in total. The summed E-state index contributed by atoms with van der Waals surface area (Å²) in [6.45, 7) is 11.0. The molecule has 2 aliphatic rings. The van der Waals surface area contributed by atoms with E-state index in [2.05, 4.69) is 18.7 Å². The molecule has 0 aromatic heterocycles. The van der Waals surface area contributed by atoms with Gasteiger partial charge >= 0.3 is 11.8 Å². The molecule has 0 saturated carbocycles. The highest BCUT2D eigenvalue weighted by atomic mass is 16.8. The summed E-state index contributed by atoms with van der Waals surface area (Å²) in [6.07, 6.45) is 4.08. The predicted octanol–water partition coefficient (Wildman–Crippen LogP) is 1.48. The quantitative estimate of drug-likeness (QED) is 0.326. The Morgan fingerprint density at radius 1 is 1.03 bits per heavy atom. The van der Waals surface area contributed by atoms with E-state index in [1.807, 2.05) is 13.8 Å². The number of rotatable bonds is 7. The molecule has 33 heavy (non-hydrogen) atoms. The topological polar surface area (TPSA) is 143 Å². The van der Waals surface area contributed by atoms with Crippen LogP contribution in [0.15, 0.2) is 12.1 Å². The largest absolute Gasteiger partial charge is 0.493 e. The Hall–Kier alpha value is -1.46. The SMILES string of the molecule is CC.COc1cc2c(cc1OC(O)(O)C(O)(O)C(C)(O)O)CCN1CC(CC(C)C)CCC21. The van der Waals surface area contributed by atoms with Gasteiger partial charge in [-0.1, -0.05) is 27.7 Å². The van der Waals surface area contributed by atoms with Gasteiger partial charge in [0.15, 0.2) is 11.5 Å². The van der Waals surface area contributed by atoms with Crippen LogP contribution in [0.2, 0.25) is 0 Å². The van der Waals surface area contributed by atoms with Crippen LogP contribution < -0.4 is 9.47 Å². The lowest BCUT2D eigenvalue weighted by atomic mass is 9.81. The Kier molecular flexibility index (Phi) is 8.78. The molecule has 6 N–H and O–H groups in total. The first kappa shape index (κ1) is 27.8. The van der Waals surface area contributed by atoms with Crippen molar-refractivity contribution in [3.63, 3.8) is 0 Å². The number of methoxy groups -OCH3 is 1. The number of hydrogen-bond donors (Lipinski definition) is 6. The van der Waals surface area contributed by atoms with Crippen molar-refractivity contribution >= 4 is 0 Å². The Bertz CT molecular complexity index is 787. The van der Waals surface area contributed by atoms with E-state index in [1.165, 1.54) is 13.5 Å². The third-order valence-corrected chi connectivity index (χ3v) is 6.41. The van der Waals surface area contributed by atoms with Gasteiger partial charge in [0.05, 0.1) is 7.11 Å². The van der Waals surface area contributed by atoms with Crippen molar-refractivity contribution in [1.29, 1.82) is 0 Å². The third kappa shape index (κ3) is 5.79. The van der Waals surface area contributed by atoms with E-state index < -0.39 is 17.5 Å². The van der Waals surface area contributed by atoms with Crippen LogP contribution in [0.4, 0.5) is 0 Å². The van der Waals surface area contributed by atoms with Crippen LogP contribution in [0.3, 0.4) is 0 Å². The van der Waals surface area contributed by atoms with E-state index in [4.69, 9.17) is 9.47 Å². The molecule has 0 amide bonds. The fraction of sp³-hybridized carbons (Fsp3) is 0.750. The Labute approximate surface area is 196 Å². The monoisotopic (exact) mass is 471 g/mol. The lowest BCUT2D eigenvalue weighted by molar-refractivity contribution is -0.495. The molecule has 190 valence electrons. The van der Waals surface area contributed by atoms with Gasteiger partial charge in [0, 0.05) is 19.1 Å². The number of hydrogen-bond acceptors (Lipinski definition) is 9. The highest BCUT2D eigenvalue weighted by molar-refractivity contribution is 5.50. The standard InChI is InChI=1S/C22H35NO8.C2H6/c1-13(2)9-14-5-6-17-16-11-18(30-4)19(10-15(16)7-8-23(17)12-14)31-22(28,29)21(26,27)20(3,24)25;1-2/h10-11,13-14,17,24-29H,5-9,12H2,1-4H3;1-2H3. The Morgan fingerprint density at radius 3 is 2.21 bits per heavy atom. The molecule has 3 rings (SSSR count). The lowest BCUT2D eigenvalue weighted by Gasteiger charge is -2.44. The zero-order valence-electron chi connectivity index (χ0n) is 20.6. The van der Waals surface area contributed by atoms with E-state index in [0.29, 0.717) is 25.2 Å². The number of benzene rings is 1. The van der Waals surface area contributed by atoms with Crippen molar-refractivity contribution in [3.8, 4) is 11.5 Å². The average molecular weight is 472 g/mol. The van der Waals surface area contributed by atoms with E-state index >= 15 is 0 Å². The van der Waals surface area contributed by atoms with Gasteiger partial charge in [-0.2, -0.15) is 0 Å². The molecule has 1 aromatic rings. The molecule has 1 aromatic carbocycles. The van der Waals surface area contributed by atoms with Crippen LogP contribution in [0.25, 0.3) is 0 Å². The van der Waals surface area contributed by atoms with E-state index in [9.17, 15) is 30.6 Å². The summed E-state index contributed by atoms with van der Waals surface area (Å²) in [7, 11) is 1.39. The maximum Gasteiger partial charge on any atom is 0.385 e. The van der Waals surface area contributed by atoms with Crippen molar-refractivity contribution < 1.29 is 40.1 Å². The van der Waals surface area contributed by atoms with Crippen LogP contribution in [0, 0.1) is 11.8 Å². The molecular formula is C24H41NO8. The van der Waals surface area contributed by atoms with Crippen LogP contribution in [-0.2, 0) is 6.42 Å². The molecule has 1 fully saturated rings. The average Bonchev–Trinajstić information content (AvgIpc) is 2.72. The fourth-order valence-corrected chi connectivity index (χ4v) is 4.77. The summed E-state index contributed by atoms with van der Waals surface area (Å²) in [4.78, 5) is 2.48. The van der Waals surface area contributed by atoms with Crippen LogP contribution in [0.5, 0.6) is 11.5 Å². The van der Waals surface area contributed by atoms with Crippen LogP contribution in [0.1, 0.15) is 71.0 Å². The number of ether oxygens (including phenoxy) is 2. The summed E-state index contributed by atoms with van der Waals surface area (Å²) in [5, 5.41) is 58.9. The summed E-state index contributed by atoms with van der Waals surface area (Å²) >= 11 is 0. The van der Waals surface area contributed by atoms with Gasteiger partial charge in [0.2, 0.25) is 5.79 Å². The molecule has 0 bridgehead atoms. The summed E-state index contributed by atoms with van der Waals surface area (Å²) in [6, 6.07) is 3.58. The van der Waals surface area contributed by atoms with E-state index in [-0.39, 0.29) is 17.5 Å². The molecule has 0 aliphatic carbocycles. The second-order valence-corrected chi connectivity index (χ2v) is 9.44. The molecule has 1 saturated heterocycles. The molecule has 0 radical (unpaired) electrons. The van der Waals surface area contributed by atoms with Crippen LogP contribution in [-0.4, -0.2) is 73.3 Å². The highest BCUT2D eigenvalue weighted by Crippen LogP contribution is 2.44. The number of aliphatic hydroxyl groups is 6. The molecule has 2 heterocycles. The fourth-order valence-electron chi connectivity index (χ4n) is 4.77. The maximum absolute atomic E-state index is 10.1. The van der Waals surface area contributed by atoms with Crippen LogP contribution >= 0.6 is 0 Å². The zero-order chi connectivity index (χ0) is 25.2. The first-order valence-corrected chi connectivity index (χ1v) is 11.7. The molecular weight excluding hydrogens is 430 g/mol. The highest BCUT2D eigenvalue weighted by Gasteiger charge is 2.62. The van der Waals surface area contributed by atoms with Gasteiger partial charge in [-0.3, -0.25) is 4.90 Å². The second kappa shape index (κ2) is 10.4. The summed E-state index contributed by atoms with van der Waals surface area (Å²) in [5.41, 5.74) is 2.01. The number of piperidine rings is 1. The van der Waals surface area contributed by atoms with Gasteiger partial charge in [0.25, 0.3) is 0 Å². The number of nitrogens with zero attached hydrogens (tertiary/aromatic N) is 1. The van der Waals surface area contributed by atoms with Gasteiger partial charge in [0.1, 0.15) is 0 Å². The minimum absolute atomic E-state index is 0.148. The normalized spacial score (nSPS) is 21.6. The van der Waals surface area contributed by atoms with Gasteiger partial charge in [-0.25, -0.2) is 0 Å². The Balaban J connectivity index is 0.00000187. The van der Waals surface area contributed by atoms with Crippen molar-refractivity contribution in [2.75, 3.05) is 20.2 Å². The van der Waals surface area contributed by atoms with E-state index in [0.717, 1.165) is 37.1 Å². The Morgan fingerprint density at radius 2 is 1.67 bits per heavy atom. The molecule has 2 atom stereocenters. The van der Waals surface area contributed by atoms with Gasteiger partial charge in [-0.15, -0.1) is 0 Å². The minimum atomic E-state index is -3.80. The van der Waals surface area contributed by atoms with Crippen molar-refractivity contribution in [2.45, 2.75) is 83.9 Å². The number of fused-ring (bicyclic) bond motifs is 3. The predicted molar refractivity (Wildman–Crippen MR) is 122 cm³/mol.